The first kappa shape index (κ1) is 19.1. The standard InChI is InChI=1S/C20H18N6O4/c27-19(18-11-12-25(24-18)16-7-9-17(10-8-16)26(29)30)21-13-1-3-14(4-2-13)22-20(28)23-15-5-6-15/h1-4,7-12,15H,5-6H2,(H,21,27)(H2,22,23,28). The lowest BCUT2D eigenvalue weighted by atomic mass is 10.2. The van der Waals surface area contributed by atoms with E-state index in [1.165, 1.54) is 16.8 Å². The van der Waals surface area contributed by atoms with Crippen molar-refractivity contribution >= 4 is 29.0 Å². The molecule has 30 heavy (non-hydrogen) atoms. The number of hydrogen-bond acceptors (Lipinski definition) is 5. The largest absolute Gasteiger partial charge is 0.335 e. The Hall–Kier alpha value is -4.21. The third-order valence-electron chi connectivity index (χ3n) is 4.46. The Balaban J connectivity index is 1.36. The van der Waals surface area contributed by atoms with E-state index in [1.807, 2.05) is 0 Å². The Morgan fingerprint density at radius 3 is 2.20 bits per heavy atom. The Labute approximate surface area is 171 Å². The van der Waals surface area contributed by atoms with Crippen LogP contribution in [-0.2, 0) is 0 Å². The minimum atomic E-state index is -0.480. The number of carbonyl (C=O) groups is 2. The van der Waals surface area contributed by atoms with Crippen molar-refractivity contribution in [2.45, 2.75) is 18.9 Å². The van der Waals surface area contributed by atoms with Gasteiger partial charge in [-0.05, 0) is 55.3 Å². The first-order valence-corrected chi connectivity index (χ1v) is 9.27. The van der Waals surface area contributed by atoms with Crippen LogP contribution in [0.3, 0.4) is 0 Å². The van der Waals surface area contributed by atoms with Gasteiger partial charge in [-0.2, -0.15) is 5.10 Å². The molecule has 152 valence electrons. The summed E-state index contributed by atoms with van der Waals surface area (Å²) in [4.78, 5) is 34.4. The van der Waals surface area contributed by atoms with Crippen molar-refractivity contribution in [2.75, 3.05) is 10.6 Å². The molecular weight excluding hydrogens is 388 g/mol. The second-order valence-electron chi connectivity index (χ2n) is 6.82. The van der Waals surface area contributed by atoms with E-state index in [9.17, 15) is 19.7 Å². The van der Waals surface area contributed by atoms with Crippen LogP contribution in [-0.4, -0.2) is 32.7 Å². The van der Waals surface area contributed by atoms with Crippen LogP contribution in [0.15, 0.2) is 60.8 Å². The van der Waals surface area contributed by atoms with Crippen LogP contribution in [0.4, 0.5) is 21.9 Å². The molecule has 3 aromatic rings. The predicted octanol–water partition coefficient (Wildman–Crippen LogP) is 3.32. The number of nitrogens with zero attached hydrogens (tertiary/aromatic N) is 3. The summed E-state index contributed by atoms with van der Waals surface area (Å²) in [6, 6.07) is 14.2. The summed E-state index contributed by atoms with van der Waals surface area (Å²) in [5.41, 5.74) is 1.94. The highest BCUT2D eigenvalue weighted by atomic mass is 16.6. The maximum Gasteiger partial charge on any atom is 0.319 e. The molecule has 0 atom stereocenters. The molecule has 1 aromatic heterocycles. The van der Waals surface area contributed by atoms with Crippen molar-refractivity contribution in [2.24, 2.45) is 0 Å². The smallest absolute Gasteiger partial charge is 0.319 e. The molecule has 0 bridgehead atoms. The van der Waals surface area contributed by atoms with E-state index in [4.69, 9.17) is 0 Å². The average molecular weight is 406 g/mol. The lowest BCUT2D eigenvalue weighted by Gasteiger charge is -2.08. The SMILES string of the molecule is O=C(Nc1ccc(NC(=O)c2ccn(-c3ccc([N+](=O)[O-])cc3)n2)cc1)NC1CC1. The number of rotatable bonds is 6. The number of hydrogen-bond donors (Lipinski definition) is 3. The molecule has 0 radical (unpaired) electrons. The number of nitro groups is 1. The van der Waals surface area contributed by atoms with E-state index >= 15 is 0 Å². The van der Waals surface area contributed by atoms with Crippen LogP contribution in [0.2, 0.25) is 0 Å². The van der Waals surface area contributed by atoms with E-state index in [1.54, 1.807) is 48.7 Å². The topological polar surface area (TPSA) is 131 Å². The van der Waals surface area contributed by atoms with Crippen LogP contribution in [0.1, 0.15) is 23.3 Å². The summed E-state index contributed by atoms with van der Waals surface area (Å²) in [6.45, 7) is 0. The summed E-state index contributed by atoms with van der Waals surface area (Å²) in [5, 5.41) is 23.3. The molecule has 1 aliphatic rings. The number of carbonyl (C=O) groups excluding carboxylic acids is 2. The number of non-ortho nitro benzene ring substituents is 1. The van der Waals surface area contributed by atoms with Gasteiger partial charge < -0.3 is 16.0 Å². The molecule has 0 aliphatic heterocycles. The molecule has 3 amide bonds. The van der Waals surface area contributed by atoms with Gasteiger partial charge in [0.1, 0.15) is 0 Å². The zero-order valence-electron chi connectivity index (χ0n) is 15.7. The minimum Gasteiger partial charge on any atom is -0.335 e. The van der Waals surface area contributed by atoms with Crippen molar-refractivity contribution in [1.82, 2.24) is 15.1 Å². The van der Waals surface area contributed by atoms with Gasteiger partial charge in [-0.25, -0.2) is 9.48 Å². The monoisotopic (exact) mass is 406 g/mol. The molecule has 0 saturated heterocycles. The molecule has 1 aliphatic carbocycles. The number of nitrogens with one attached hydrogen (secondary N) is 3. The maximum absolute atomic E-state index is 12.4. The van der Waals surface area contributed by atoms with Gasteiger partial charge in [0.15, 0.2) is 5.69 Å². The van der Waals surface area contributed by atoms with Crippen LogP contribution in [0, 0.1) is 10.1 Å². The summed E-state index contributed by atoms with van der Waals surface area (Å²) in [6.07, 6.45) is 3.62. The highest BCUT2D eigenvalue weighted by Crippen LogP contribution is 2.20. The molecule has 10 nitrogen and oxygen atoms in total. The zero-order chi connectivity index (χ0) is 21.1. The number of amides is 3. The third-order valence-corrected chi connectivity index (χ3v) is 4.46. The fraction of sp³-hybridized carbons (Fsp3) is 0.150. The van der Waals surface area contributed by atoms with Gasteiger partial charge in [-0.3, -0.25) is 14.9 Å². The lowest BCUT2D eigenvalue weighted by Crippen LogP contribution is -2.30. The van der Waals surface area contributed by atoms with Crippen molar-refractivity contribution in [3.63, 3.8) is 0 Å². The molecular formula is C20H18N6O4. The molecule has 0 spiro atoms. The van der Waals surface area contributed by atoms with Crippen molar-refractivity contribution in [3.8, 4) is 5.69 Å². The molecule has 1 fully saturated rings. The third kappa shape index (κ3) is 4.61. The number of anilines is 2. The van der Waals surface area contributed by atoms with Gasteiger partial charge in [-0.15, -0.1) is 0 Å². The Morgan fingerprint density at radius 2 is 1.60 bits per heavy atom. The average Bonchev–Trinajstić information content (AvgIpc) is 3.40. The van der Waals surface area contributed by atoms with Crippen LogP contribution in [0.5, 0.6) is 0 Å². The highest BCUT2D eigenvalue weighted by Gasteiger charge is 2.23. The van der Waals surface area contributed by atoms with Crippen molar-refractivity contribution in [3.05, 3.63) is 76.6 Å². The van der Waals surface area contributed by atoms with Gasteiger partial charge in [0.05, 0.1) is 10.6 Å². The van der Waals surface area contributed by atoms with Crippen LogP contribution in [0.25, 0.3) is 5.69 Å². The Bertz CT molecular complexity index is 1090. The summed E-state index contributed by atoms with van der Waals surface area (Å²) in [7, 11) is 0. The maximum atomic E-state index is 12.4. The van der Waals surface area contributed by atoms with Crippen LogP contribution >= 0.6 is 0 Å². The van der Waals surface area contributed by atoms with Gasteiger partial charge in [0.25, 0.3) is 11.6 Å². The predicted molar refractivity (Wildman–Crippen MR) is 110 cm³/mol. The molecule has 1 saturated carbocycles. The molecule has 0 unspecified atom stereocenters. The minimum absolute atomic E-state index is 0.0215. The Morgan fingerprint density at radius 1 is 0.967 bits per heavy atom. The number of benzene rings is 2. The number of aromatic nitrogens is 2. The van der Waals surface area contributed by atoms with E-state index in [0.717, 1.165) is 12.8 Å². The van der Waals surface area contributed by atoms with Gasteiger partial charge in [-0.1, -0.05) is 0 Å². The van der Waals surface area contributed by atoms with Crippen LogP contribution < -0.4 is 16.0 Å². The van der Waals surface area contributed by atoms with E-state index in [0.29, 0.717) is 17.1 Å². The van der Waals surface area contributed by atoms with E-state index in [2.05, 4.69) is 21.0 Å². The zero-order valence-corrected chi connectivity index (χ0v) is 15.7. The Kier molecular flexibility index (Phi) is 5.12. The van der Waals surface area contributed by atoms with Crippen molar-refractivity contribution < 1.29 is 14.5 Å². The van der Waals surface area contributed by atoms with E-state index in [-0.39, 0.29) is 23.5 Å². The molecule has 1 heterocycles. The fourth-order valence-electron chi connectivity index (χ4n) is 2.73. The summed E-state index contributed by atoms with van der Waals surface area (Å²) >= 11 is 0. The van der Waals surface area contributed by atoms with Crippen molar-refractivity contribution in [1.29, 1.82) is 0 Å². The normalized spacial score (nSPS) is 12.8. The molecule has 10 heteroatoms. The van der Waals surface area contributed by atoms with E-state index < -0.39 is 10.8 Å². The fourth-order valence-corrected chi connectivity index (χ4v) is 2.73. The highest BCUT2D eigenvalue weighted by molar-refractivity contribution is 6.03. The quantitative estimate of drug-likeness (QED) is 0.427. The first-order chi connectivity index (χ1) is 14.5. The second kappa shape index (κ2) is 8.03. The first-order valence-electron chi connectivity index (χ1n) is 9.27. The molecule has 3 N–H and O–H groups in total. The number of urea groups is 1. The second-order valence-corrected chi connectivity index (χ2v) is 6.82. The van der Waals surface area contributed by atoms with Gasteiger partial charge in [0, 0.05) is 35.7 Å². The lowest BCUT2D eigenvalue weighted by molar-refractivity contribution is -0.384. The van der Waals surface area contributed by atoms with Gasteiger partial charge >= 0.3 is 6.03 Å². The molecule has 4 rings (SSSR count). The summed E-state index contributed by atoms with van der Waals surface area (Å²) in [5.74, 6) is -0.400. The summed E-state index contributed by atoms with van der Waals surface area (Å²) < 4.78 is 1.46. The van der Waals surface area contributed by atoms with Gasteiger partial charge in [0.2, 0.25) is 0 Å². The number of nitro benzene ring substituents is 1. The molecule has 2 aromatic carbocycles.